The van der Waals surface area contributed by atoms with Crippen molar-refractivity contribution in [1.29, 1.82) is 0 Å². The SMILES string of the molecule is COC(=O)c1c(CCO)cccc1-c1ccc(-c2cncc(OC)c2)cc1. The van der Waals surface area contributed by atoms with Gasteiger partial charge in [0.15, 0.2) is 0 Å². The van der Waals surface area contributed by atoms with E-state index in [1.807, 2.05) is 48.5 Å². The molecule has 0 amide bonds. The van der Waals surface area contributed by atoms with Crippen LogP contribution < -0.4 is 4.74 Å². The minimum atomic E-state index is -0.407. The van der Waals surface area contributed by atoms with Crippen molar-refractivity contribution in [2.24, 2.45) is 0 Å². The van der Waals surface area contributed by atoms with E-state index in [9.17, 15) is 9.90 Å². The summed E-state index contributed by atoms with van der Waals surface area (Å²) in [6.07, 6.45) is 3.83. The molecule has 1 heterocycles. The van der Waals surface area contributed by atoms with Gasteiger partial charge in [0.05, 0.1) is 26.0 Å². The first-order valence-electron chi connectivity index (χ1n) is 8.59. The molecule has 3 aromatic rings. The zero-order valence-electron chi connectivity index (χ0n) is 15.3. The standard InChI is InChI=1S/C22H21NO4/c1-26-19-12-18(13-23-14-19)15-6-8-16(9-7-15)20-5-3-4-17(10-11-24)21(20)22(25)27-2/h3-9,12-14,24H,10-11H2,1-2H3. The van der Waals surface area contributed by atoms with E-state index in [4.69, 9.17) is 9.47 Å². The average molecular weight is 363 g/mol. The molecule has 1 aromatic heterocycles. The highest BCUT2D eigenvalue weighted by molar-refractivity contribution is 5.99. The molecule has 0 saturated carbocycles. The summed E-state index contributed by atoms with van der Waals surface area (Å²) in [4.78, 5) is 16.5. The van der Waals surface area contributed by atoms with Crippen LogP contribution in [-0.4, -0.2) is 36.9 Å². The van der Waals surface area contributed by atoms with Crippen molar-refractivity contribution in [2.75, 3.05) is 20.8 Å². The largest absolute Gasteiger partial charge is 0.495 e. The normalized spacial score (nSPS) is 10.5. The maximum Gasteiger partial charge on any atom is 0.338 e. The second kappa shape index (κ2) is 8.47. The van der Waals surface area contributed by atoms with Gasteiger partial charge in [0.25, 0.3) is 0 Å². The van der Waals surface area contributed by atoms with Crippen LogP contribution in [0.5, 0.6) is 5.75 Å². The van der Waals surface area contributed by atoms with Crippen LogP contribution in [0, 0.1) is 0 Å². The molecule has 27 heavy (non-hydrogen) atoms. The molecular weight excluding hydrogens is 342 g/mol. The first kappa shape index (κ1) is 18.6. The maximum absolute atomic E-state index is 12.3. The van der Waals surface area contributed by atoms with E-state index in [2.05, 4.69) is 4.98 Å². The Labute approximate surface area is 158 Å². The lowest BCUT2D eigenvalue weighted by molar-refractivity contribution is 0.0600. The Balaban J connectivity index is 2.02. The molecule has 5 nitrogen and oxygen atoms in total. The summed E-state index contributed by atoms with van der Waals surface area (Å²) in [5.41, 5.74) is 4.88. The smallest absolute Gasteiger partial charge is 0.338 e. The highest BCUT2D eigenvalue weighted by Gasteiger charge is 2.17. The summed E-state index contributed by atoms with van der Waals surface area (Å²) in [6.45, 7) is -0.0325. The second-order valence-electron chi connectivity index (χ2n) is 6.00. The molecule has 0 radical (unpaired) electrons. The number of esters is 1. The third kappa shape index (κ3) is 3.99. The predicted molar refractivity (Wildman–Crippen MR) is 104 cm³/mol. The van der Waals surface area contributed by atoms with Gasteiger partial charge in [0.1, 0.15) is 5.75 Å². The number of rotatable bonds is 6. The van der Waals surface area contributed by atoms with Crippen LogP contribution in [0.15, 0.2) is 60.9 Å². The number of ether oxygens (including phenoxy) is 2. The van der Waals surface area contributed by atoms with Crippen molar-refractivity contribution in [2.45, 2.75) is 6.42 Å². The molecule has 0 atom stereocenters. The van der Waals surface area contributed by atoms with E-state index in [1.165, 1.54) is 7.11 Å². The zero-order chi connectivity index (χ0) is 19.2. The fraction of sp³-hybridized carbons (Fsp3) is 0.182. The number of aliphatic hydroxyl groups excluding tert-OH is 1. The highest BCUT2D eigenvalue weighted by Crippen LogP contribution is 2.30. The van der Waals surface area contributed by atoms with Crippen LogP contribution in [0.25, 0.3) is 22.3 Å². The zero-order valence-corrected chi connectivity index (χ0v) is 15.3. The number of benzene rings is 2. The third-order valence-electron chi connectivity index (χ3n) is 4.40. The summed E-state index contributed by atoms with van der Waals surface area (Å²) >= 11 is 0. The molecular formula is C22H21NO4. The average Bonchev–Trinajstić information content (AvgIpc) is 2.73. The molecule has 0 spiro atoms. The molecule has 3 rings (SSSR count). The van der Waals surface area contributed by atoms with Crippen LogP contribution in [0.1, 0.15) is 15.9 Å². The fourth-order valence-corrected chi connectivity index (χ4v) is 3.04. The van der Waals surface area contributed by atoms with Crippen LogP contribution >= 0.6 is 0 Å². The Hall–Kier alpha value is -3.18. The van der Waals surface area contributed by atoms with Gasteiger partial charge in [-0.25, -0.2) is 4.79 Å². The number of pyridine rings is 1. The highest BCUT2D eigenvalue weighted by atomic mass is 16.5. The molecule has 0 aliphatic rings. The second-order valence-corrected chi connectivity index (χ2v) is 6.00. The van der Waals surface area contributed by atoms with Crippen molar-refractivity contribution in [1.82, 2.24) is 4.98 Å². The topological polar surface area (TPSA) is 68.7 Å². The number of methoxy groups -OCH3 is 2. The minimum Gasteiger partial charge on any atom is -0.495 e. The first-order valence-corrected chi connectivity index (χ1v) is 8.59. The molecule has 0 fully saturated rings. The van der Waals surface area contributed by atoms with E-state index in [1.54, 1.807) is 19.5 Å². The molecule has 0 saturated heterocycles. The van der Waals surface area contributed by atoms with Gasteiger partial charge in [-0.1, -0.05) is 42.5 Å². The van der Waals surface area contributed by atoms with E-state index in [-0.39, 0.29) is 6.61 Å². The Morgan fingerprint density at radius 1 is 1.00 bits per heavy atom. The molecule has 5 heteroatoms. The number of hydrogen-bond donors (Lipinski definition) is 1. The minimum absolute atomic E-state index is 0.0325. The molecule has 138 valence electrons. The maximum atomic E-state index is 12.3. The molecule has 0 aliphatic heterocycles. The van der Waals surface area contributed by atoms with Crippen molar-refractivity contribution >= 4 is 5.97 Å². The van der Waals surface area contributed by atoms with E-state index in [0.717, 1.165) is 27.8 Å². The van der Waals surface area contributed by atoms with E-state index in [0.29, 0.717) is 17.7 Å². The molecule has 0 aliphatic carbocycles. The van der Waals surface area contributed by atoms with Crippen molar-refractivity contribution in [3.05, 3.63) is 72.1 Å². The molecule has 1 N–H and O–H groups in total. The van der Waals surface area contributed by atoms with Gasteiger partial charge in [-0.15, -0.1) is 0 Å². The Bertz CT molecular complexity index is 935. The fourth-order valence-electron chi connectivity index (χ4n) is 3.04. The van der Waals surface area contributed by atoms with Crippen LogP contribution in [0.4, 0.5) is 0 Å². The Kier molecular flexibility index (Phi) is 5.84. The van der Waals surface area contributed by atoms with E-state index < -0.39 is 5.97 Å². The number of aromatic nitrogens is 1. The number of carbonyl (C=O) groups excluding carboxylic acids is 1. The van der Waals surface area contributed by atoms with Crippen LogP contribution in [0.3, 0.4) is 0 Å². The van der Waals surface area contributed by atoms with Gasteiger partial charge in [-0.3, -0.25) is 4.98 Å². The van der Waals surface area contributed by atoms with Gasteiger partial charge in [-0.05, 0) is 34.7 Å². The van der Waals surface area contributed by atoms with Crippen molar-refractivity contribution < 1.29 is 19.4 Å². The summed E-state index contributed by atoms with van der Waals surface area (Å²) in [7, 11) is 2.97. The van der Waals surface area contributed by atoms with Crippen molar-refractivity contribution in [3.63, 3.8) is 0 Å². The summed E-state index contributed by atoms with van der Waals surface area (Å²) in [5.74, 6) is 0.288. The number of hydrogen-bond acceptors (Lipinski definition) is 5. The number of aliphatic hydroxyl groups is 1. The summed E-state index contributed by atoms with van der Waals surface area (Å²) < 4.78 is 10.2. The summed E-state index contributed by atoms with van der Waals surface area (Å²) in [6, 6.07) is 15.4. The third-order valence-corrected chi connectivity index (χ3v) is 4.40. The van der Waals surface area contributed by atoms with Crippen LogP contribution in [0.2, 0.25) is 0 Å². The lowest BCUT2D eigenvalue weighted by Crippen LogP contribution is -2.09. The molecule has 2 aromatic carbocycles. The summed E-state index contributed by atoms with van der Waals surface area (Å²) in [5, 5.41) is 9.30. The van der Waals surface area contributed by atoms with Crippen molar-refractivity contribution in [3.8, 4) is 28.0 Å². The van der Waals surface area contributed by atoms with Gasteiger partial charge in [0.2, 0.25) is 0 Å². The van der Waals surface area contributed by atoms with Gasteiger partial charge in [-0.2, -0.15) is 0 Å². The number of nitrogens with zero attached hydrogens (tertiary/aromatic N) is 1. The van der Waals surface area contributed by atoms with Crippen LogP contribution in [-0.2, 0) is 11.2 Å². The number of carbonyl (C=O) groups is 1. The first-order chi connectivity index (χ1) is 13.2. The van der Waals surface area contributed by atoms with Gasteiger partial charge >= 0.3 is 5.97 Å². The lowest BCUT2D eigenvalue weighted by atomic mass is 9.93. The van der Waals surface area contributed by atoms with Gasteiger partial charge < -0.3 is 14.6 Å². The lowest BCUT2D eigenvalue weighted by Gasteiger charge is -2.13. The Morgan fingerprint density at radius 3 is 2.41 bits per heavy atom. The Morgan fingerprint density at radius 2 is 1.74 bits per heavy atom. The predicted octanol–water partition coefficient (Wildman–Crippen LogP) is 3.75. The molecule has 0 bridgehead atoms. The van der Waals surface area contributed by atoms with Gasteiger partial charge in [0, 0.05) is 18.4 Å². The van der Waals surface area contributed by atoms with E-state index >= 15 is 0 Å². The molecule has 0 unspecified atom stereocenters. The monoisotopic (exact) mass is 363 g/mol. The quantitative estimate of drug-likeness (QED) is 0.676.